The molecule has 0 aromatic carbocycles. The molecule has 0 radical (unpaired) electrons. The molecule has 3 nitrogen and oxygen atoms in total. The Balaban J connectivity index is 1.91. The van der Waals surface area contributed by atoms with Crippen molar-refractivity contribution >= 4 is 0 Å². The quantitative estimate of drug-likeness (QED) is 0.831. The van der Waals surface area contributed by atoms with Crippen LogP contribution in [0.2, 0.25) is 0 Å². The van der Waals surface area contributed by atoms with Crippen molar-refractivity contribution < 1.29 is 0 Å². The van der Waals surface area contributed by atoms with Crippen molar-refractivity contribution in [1.82, 2.24) is 9.80 Å². The Bertz CT molecular complexity index is 252. The van der Waals surface area contributed by atoms with Crippen molar-refractivity contribution in [2.45, 2.75) is 64.6 Å². The van der Waals surface area contributed by atoms with Crippen LogP contribution >= 0.6 is 0 Å². The van der Waals surface area contributed by atoms with Crippen LogP contribution in [0.3, 0.4) is 0 Å². The molecule has 1 saturated carbocycles. The molecular formula is C15H31N3. The van der Waals surface area contributed by atoms with E-state index in [1.165, 1.54) is 51.9 Å². The van der Waals surface area contributed by atoms with Crippen molar-refractivity contribution in [3.8, 4) is 0 Å². The lowest BCUT2D eigenvalue weighted by Gasteiger charge is -2.39. The van der Waals surface area contributed by atoms with Crippen LogP contribution in [0, 0.1) is 5.92 Å². The van der Waals surface area contributed by atoms with Gasteiger partial charge in [0, 0.05) is 31.2 Å². The van der Waals surface area contributed by atoms with Gasteiger partial charge in [0.2, 0.25) is 0 Å². The van der Waals surface area contributed by atoms with Crippen LogP contribution in [0.15, 0.2) is 0 Å². The molecule has 3 heteroatoms. The molecule has 0 aromatic heterocycles. The van der Waals surface area contributed by atoms with Gasteiger partial charge < -0.3 is 5.73 Å². The largest absolute Gasteiger partial charge is 0.326 e. The minimum absolute atomic E-state index is 0.414. The zero-order valence-corrected chi connectivity index (χ0v) is 12.4. The predicted octanol–water partition coefficient (Wildman–Crippen LogP) is 1.92. The van der Waals surface area contributed by atoms with E-state index in [1.54, 1.807) is 0 Å². The fraction of sp³-hybridized carbons (Fsp3) is 1.00. The van der Waals surface area contributed by atoms with Gasteiger partial charge in [-0.15, -0.1) is 0 Å². The van der Waals surface area contributed by atoms with E-state index < -0.39 is 0 Å². The fourth-order valence-corrected chi connectivity index (χ4v) is 3.90. The molecule has 2 fully saturated rings. The number of nitrogens with two attached hydrogens (primary N) is 1. The number of likely N-dealkylation sites (tertiary alicyclic amines) is 1. The van der Waals surface area contributed by atoms with Gasteiger partial charge in [0.1, 0.15) is 0 Å². The molecule has 1 saturated heterocycles. The molecule has 0 bridgehead atoms. The highest BCUT2D eigenvalue weighted by Crippen LogP contribution is 2.29. The van der Waals surface area contributed by atoms with Crippen LogP contribution in [0.25, 0.3) is 0 Å². The number of hydrogen-bond donors (Lipinski definition) is 1. The van der Waals surface area contributed by atoms with Crippen LogP contribution in [0.5, 0.6) is 0 Å². The number of rotatable bonds is 4. The summed E-state index contributed by atoms with van der Waals surface area (Å²) in [6.07, 6.45) is 5.19. The average molecular weight is 253 g/mol. The second-order valence-electron chi connectivity index (χ2n) is 6.31. The Kier molecular flexibility index (Phi) is 5.05. The van der Waals surface area contributed by atoms with Gasteiger partial charge in [0.05, 0.1) is 0 Å². The second-order valence-corrected chi connectivity index (χ2v) is 6.31. The van der Waals surface area contributed by atoms with Crippen molar-refractivity contribution in [3.05, 3.63) is 0 Å². The lowest BCUT2D eigenvalue weighted by Crippen LogP contribution is -2.51. The summed E-state index contributed by atoms with van der Waals surface area (Å²) < 4.78 is 0. The zero-order chi connectivity index (χ0) is 13.1. The zero-order valence-electron chi connectivity index (χ0n) is 12.4. The Hall–Kier alpha value is -0.120. The van der Waals surface area contributed by atoms with E-state index in [4.69, 9.17) is 5.73 Å². The molecule has 4 unspecified atom stereocenters. The Morgan fingerprint density at radius 2 is 1.89 bits per heavy atom. The third kappa shape index (κ3) is 3.06. The van der Waals surface area contributed by atoms with Gasteiger partial charge in [-0.2, -0.15) is 0 Å². The number of likely N-dealkylation sites (N-methyl/N-ethyl adjacent to an activating group) is 1. The SMILES string of the molecule is CCN(CC)C1CCN(C2CC(C)CCC2N)C1. The Labute approximate surface area is 113 Å². The molecule has 0 aromatic rings. The first kappa shape index (κ1) is 14.3. The highest BCUT2D eigenvalue weighted by Gasteiger charge is 2.35. The second kappa shape index (κ2) is 6.36. The Morgan fingerprint density at radius 3 is 2.56 bits per heavy atom. The lowest BCUT2D eigenvalue weighted by molar-refractivity contribution is 0.127. The van der Waals surface area contributed by atoms with Crippen molar-refractivity contribution in [2.24, 2.45) is 11.7 Å². The molecule has 1 aliphatic heterocycles. The molecule has 18 heavy (non-hydrogen) atoms. The first-order valence-corrected chi connectivity index (χ1v) is 7.89. The highest BCUT2D eigenvalue weighted by molar-refractivity contribution is 4.93. The van der Waals surface area contributed by atoms with E-state index in [-0.39, 0.29) is 0 Å². The molecule has 0 spiro atoms. The van der Waals surface area contributed by atoms with Gasteiger partial charge in [0.15, 0.2) is 0 Å². The summed E-state index contributed by atoms with van der Waals surface area (Å²) in [7, 11) is 0. The fourth-order valence-electron chi connectivity index (χ4n) is 3.90. The molecular weight excluding hydrogens is 222 g/mol. The topological polar surface area (TPSA) is 32.5 Å². The molecule has 2 rings (SSSR count). The highest BCUT2D eigenvalue weighted by atomic mass is 15.3. The van der Waals surface area contributed by atoms with E-state index >= 15 is 0 Å². The molecule has 0 amide bonds. The van der Waals surface area contributed by atoms with E-state index in [9.17, 15) is 0 Å². The van der Waals surface area contributed by atoms with E-state index in [0.717, 1.165) is 12.0 Å². The molecule has 106 valence electrons. The third-order valence-corrected chi connectivity index (χ3v) is 5.12. The minimum Gasteiger partial charge on any atom is -0.326 e. The Morgan fingerprint density at radius 1 is 1.17 bits per heavy atom. The average Bonchev–Trinajstić information content (AvgIpc) is 2.83. The molecule has 1 heterocycles. The summed E-state index contributed by atoms with van der Waals surface area (Å²) >= 11 is 0. The van der Waals surface area contributed by atoms with Crippen molar-refractivity contribution in [1.29, 1.82) is 0 Å². The molecule has 4 atom stereocenters. The smallest absolute Gasteiger partial charge is 0.0250 e. The van der Waals surface area contributed by atoms with Crippen LogP contribution in [-0.2, 0) is 0 Å². The van der Waals surface area contributed by atoms with Crippen LogP contribution in [0.4, 0.5) is 0 Å². The van der Waals surface area contributed by atoms with Crippen LogP contribution in [-0.4, -0.2) is 54.1 Å². The predicted molar refractivity (Wildman–Crippen MR) is 77.7 cm³/mol. The van der Waals surface area contributed by atoms with Crippen molar-refractivity contribution in [2.75, 3.05) is 26.2 Å². The summed E-state index contributed by atoms with van der Waals surface area (Å²) in [4.78, 5) is 5.29. The normalized spacial score (nSPS) is 38.5. The summed E-state index contributed by atoms with van der Waals surface area (Å²) in [5.41, 5.74) is 6.35. The van der Waals surface area contributed by atoms with Gasteiger partial charge in [-0.3, -0.25) is 9.80 Å². The summed E-state index contributed by atoms with van der Waals surface area (Å²) in [6.45, 7) is 11.8. The first-order chi connectivity index (χ1) is 8.65. The minimum atomic E-state index is 0.414. The molecule has 2 aliphatic rings. The van der Waals surface area contributed by atoms with E-state index in [2.05, 4.69) is 30.6 Å². The lowest BCUT2D eigenvalue weighted by atomic mass is 9.83. The third-order valence-electron chi connectivity index (χ3n) is 5.12. The van der Waals surface area contributed by atoms with Gasteiger partial charge in [0.25, 0.3) is 0 Å². The number of hydrogen-bond acceptors (Lipinski definition) is 3. The van der Waals surface area contributed by atoms with Gasteiger partial charge in [-0.25, -0.2) is 0 Å². The van der Waals surface area contributed by atoms with Crippen LogP contribution < -0.4 is 5.73 Å². The van der Waals surface area contributed by atoms with Gasteiger partial charge >= 0.3 is 0 Å². The molecule has 1 aliphatic carbocycles. The first-order valence-electron chi connectivity index (χ1n) is 7.89. The maximum Gasteiger partial charge on any atom is 0.0250 e. The van der Waals surface area contributed by atoms with Gasteiger partial charge in [-0.05, 0) is 44.7 Å². The maximum atomic E-state index is 6.35. The number of nitrogens with zero attached hydrogens (tertiary/aromatic N) is 2. The maximum absolute atomic E-state index is 6.35. The van der Waals surface area contributed by atoms with Crippen molar-refractivity contribution in [3.63, 3.8) is 0 Å². The summed E-state index contributed by atoms with van der Waals surface area (Å²) in [5.74, 6) is 0.863. The summed E-state index contributed by atoms with van der Waals surface area (Å²) in [5, 5.41) is 0. The van der Waals surface area contributed by atoms with Gasteiger partial charge in [-0.1, -0.05) is 20.8 Å². The monoisotopic (exact) mass is 253 g/mol. The van der Waals surface area contributed by atoms with Crippen LogP contribution in [0.1, 0.15) is 46.5 Å². The van der Waals surface area contributed by atoms with E-state index in [0.29, 0.717) is 12.1 Å². The summed E-state index contributed by atoms with van der Waals surface area (Å²) in [6, 6.07) is 1.83. The molecule has 2 N–H and O–H groups in total. The standard InChI is InChI=1S/C15H31N3/c1-4-17(5-2)13-8-9-18(11-13)15-10-12(3)6-7-14(15)16/h12-15H,4-11,16H2,1-3H3. The van der Waals surface area contributed by atoms with E-state index in [1.807, 2.05) is 0 Å².